The van der Waals surface area contributed by atoms with Crippen LogP contribution < -0.4 is 4.74 Å². The Hall–Kier alpha value is -2.90. The third-order valence-corrected chi connectivity index (χ3v) is 5.35. The minimum absolute atomic E-state index is 0.0365. The van der Waals surface area contributed by atoms with Gasteiger partial charge in [-0.1, -0.05) is 25.1 Å². The first-order valence-electron chi connectivity index (χ1n) is 10.2. The van der Waals surface area contributed by atoms with Crippen LogP contribution in [-0.4, -0.2) is 29.4 Å². The standard InChI is InChI=1S/C23H25F3N2O3/c1-5-13(3)31-21-20-17(11-12-27-21)28-14(4)18(22(29)30-6-2)19(20)15-9-7-8-10-16(15)23(24,25)26/h7-13,18-19H,5-6H2,1-4H3. The largest absolute Gasteiger partial charge is 0.474 e. The first kappa shape index (κ1) is 22.8. The number of carbonyl (C=O) groups excluding carboxylic acids is 1. The second kappa shape index (κ2) is 9.08. The molecule has 0 bridgehead atoms. The predicted octanol–water partition coefficient (Wildman–Crippen LogP) is 5.69. The minimum atomic E-state index is -4.60. The van der Waals surface area contributed by atoms with E-state index >= 15 is 0 Å². The number of nitrogens with zero attached hydrogens (tertiary/aromatic N) is 2. The second-order valence-corrected chi connectivity index (χ2v) is 7.43. The van der Waals surface area contributed by atoms with E-state index in [1.807, 2.05) is 13.8 Å². The van der Waals surface area contributed by atoms with E-state index < -0.39 is 29.5 Å². The van der Waals surface area contributed by atoms with Gasteiger partial charge in [-0.25, -0.2) is 4.98 Å². The molecule has 1 aliphatic rings. The Morgan fingerprint density at radius 3 is 2.55 bits per heavy atom. The summed E-state index contributed by atoms with van der Waals surface area (Å²) in [5.41, 5.74) is 0.337. The SMILES string of the molecule is CCOC(=O)C1C(C)=Nc2ccnc(OC(C)CC)c2C1c1ccccc1C(F)(F)F. The average molecular weight is 434 g/mol. The number of aliphatic imine (C=N–C) groups is 1. The number of ether oxygens (including phenoxy) is 2. The Balaban J connectivity index is 2.30. The summed E-state index contributed by atoms with van der Waals surface area (Å²) in [7, 11) is 0. The van der Waals surface area contributed by atoms with Crippen LogP contribution >= 0.6 is 0 Å². The van der Waals surface area contributed by atoms with Crippen molar-refractivity contribution in [3.63, 3.8) is 0 Å². The molecule has 5 nitrogen and oxygen atoms in total. The van der Waals surface area contributed by atoms with E-state index in [0.717, 1.165) is 6.07 Å². The monoisotopic (exact) mass is 434 g/mol. The van der Waals surface area contributed by atoms with Gasteiger partial charge in [0.15, 0.2) is 0 Å². The summed E-state index contributed by atoms with van der Waals surface area (Å²) >= 11 is 0. The van der Waals surface area contributed by atoms with Gasteiger partial charge in [0.05, 0.1) is 24.0 Å². The highest BCUT2D eigenvalue weighted by Crippen LogP contribution is 2.49. The normalized spacial score (nSPS) is 19.3. The Labute approximate surface area is 179 Å². The van der Waals surface area contributed by atoms with E-state index in [2.05, 4.69) is 9.98 Å². The van der Waals surface area contributed by atoms with Crippen molar-refractivity contribution in [2.75, 3.05) is 6.61 Å². The summed E-state index contributed by atoms with van der Waals surface area (Å²) in [6.07, 6.45) is -2.63. The lowest BCUT2D eigenvalue weighted by molar-refractivity contribution is -0.147. The van der Waals surface area contributed by atoms with E-state index in [0.29, 0.717) is 23.4 Å². The number of rotatable bonds is 6. The van der Waals surface area contributed by atoms with Crippen LogP contribution in [0.5, 0.6) is 5.88 Å². The summed E-state index contributed by atoms with van der Waals surface area (Å²) in [5.74, 6) is -2.48. The number of benzene rings is 1. The maximum atomic E-state index is 13.9. The molecule has 0 N–H and O–H groups in total. The number of hydrogen-bond acceptors (Lipinski definition) is 5. The molecule has 0 fully saturated rings. The van der Waals surface area contributed by atoms with E-state index in [9.17, 15) is 18.0 Å². The number of hydrogen-bond donors (Lipinski definition) is 0. The lowest BCUT2D eigenvalue weighted by atomic mass is 9.74. The van der Waals surface area contributed by atoms with Crippen LogP contribution in [0.2, 0.25) is 0 Å². The van der Waals surface area contributed by atoms with Crippen molar-refractivity contribution in [1.29, 1.82) is 0 Å². The molecule has 0 saturated heterocycles. The van der Waals surface area contributed by atoms with Crippen molar-refractivity contribution in [3.8, 4) is 5.88 Å². The van der Waals surface area contributed by atoms with Crippen LogP contribution in [0.1, 0.15) is 56.7 Å². The highest BCUT2D eigenvalue weighted by molar-refractivity contribution is 6.05. The zero-order valence-corrected chi connectivity index (χ0v) is 17.9. The van der Waals surface area contributed by atoms with Crippen LogP contribution in [0.25, 0.3) is 0 Å². The first-order valence-corrected chi connectivity index (χ1v) is 10.2. The summed E-state index contributed by atoms with van der Waals surface area (Å²) < 4.78 is 52.9. The molecular weight excluding hydrogens is 409 g/mol. The molecule has 3 rings (SSSR count). The highest BCUT2D eigenvalue weighted by Gasteiger charge is 2.45. The fraction of sp³-hybridized carbons (Fsp3) is 0.435. The van der Waals surface area contributed by atoms with Gasteiger partial charge in [0, 0.05) is 23.4 Å². The maximum absolute atomic E-state index is 13.9. The van der Waals surface area contributed by atoms with E-state index in [-0.39, 0.29) is 24.2 Å². The lowest BCUT2D eigenvalue weighted by Gasteiger charge is -2.33. The lowest BCUT2D eigenvalue weighted by Crippen LogP contribution is -2.35. The first-order chi connectivity index (χ1) is 14.7. The van der Waals surface area contributed by atoms with Crippen molar-refractivity contribution in [1.82, 2.24) is 4.98 Å². The average Bonchev–Trinajstić information content (AvgIpc) is 2.72. The molecule has 3 unspecified atom stereocenters. The van der Waals surface area contributed by atoms with E-state index in [4.69, 9.17) is 9.47 Å². The van der Waals surface area contributed by atoms with Gasteiger partial charge in [0.25, 0.3) is 0 Å². The van der Waals surface area contributed by atoms with Gasteiger partial charge in [-0.3, -0.25) is 9.79 Å². The molecule has 1 aromatic heterocycles. The smallest absolute Gasteiger partial charge is 0.416 e. The summed E-state index contributed by atoms with van der Waals surface area (Å²) in [6, 6.07) is 6.88. The molecule has 3 atom stereocenters. The Bertz CT molecular complexity index is 988. The second-order valence-electron chi connectivity index (χ2n) is 7.43. The molecule has 0 amide bonds. The van der Waals surface area contributed by atoms with Gasteiger partial charge in [0.2, 0.25) is 5.88 Å². The van der Waals surface area contributed by atoms with Gasteiger partial charge in [0.1, 0.15) is 5.92 Å². The fourth-order valence-electron chi connectivity index (χ4n) is 3.77. The predicted molar refractivity (Wildman–Crippen MR) is 111 cm³/mol. The molecule has 1 aromatic carbocycles. The molecule has 0 radical (unpaired) electrons. The summed E-state index contributed by atoms with van der Waals surface area (Å²) in [5, 5.41) is 0. The number of aromatic nitrogens is 1. The molecule has 2 heterocycles. The Morgan fingerprint density at radius 1 is 1.19 bits per heavy atom. The number of halogens is 3. The van der Waals surface area contributed by atoms with Gasteiger partial charge in [-0.05, 0) is 44.9 Å². The topological polar surface area (TPSA) is 60.8 Å². The number of fused-ring (bicyclic) bond motifs is 1. The molecule has 0 saturated carbocycles. The number of pyridine rings is 1. The van der Waals surface area contributed by atoms with Crippen molar-refractivity contribution in [3.05, 3.63) is 53.2 Å². The van der Waals surface area contributed by atoms with Crippen LogP contribution in [0.4, 0.5) is 18.9 Å². The Kier molecular flexibility index (Phi) is 6.67. The minimum Gasteiger partial charge on any atom is -0.474 e. The fourth-order valence-corrected chi connectivity index (χ4v) is 3.77. The molecular formula is C23H25F3N2O3. The zero-order valence-electron chi connectivity index (χ0n) is 17.9. The molecule has 2 aromatic rings. The van der Waals surface area contributed by atoms with E-state index in [1.54, 1.807) is 19.9 Å². The van der Waals surface area contributed by atoms with Crippen LogP contribution in [0.3, 0.4) is 0 Å². The molecule has 0 spiro atoms. The molecule has 166 valence electrons. The van der Waals surface area contributed by atoms with Crippen molar-refractivity contribution >= 4 is 17.4 Å². The van der Waals surface area contributed by atoms with Gasteiger partial charge in [-0.2, -0.15) is 13.2 Å². The maximum Gasteiger partial charge on any atom is 0.416 e. The van der Waals surface area contributed by atoms with Crippen molar-refractivity contribution < 1.29 is 27.4 Å². The summed E-state index contributed by atoms with van der Waals surface area (Å²) in [4.78, 5) is 21.7. The van der Waals surface area contributed by atoms with Crippen LogP contribution in [0.15, 0.2) is 41.5 Å². The van der Waals surface area contributed by atoms with Gasteiger partial charge >= 0.3 is 12.1 Å². The third kappa shape index (κ3) is 4.57. The number of carbonyl (C=O) groups is 1. The molecule has 1 aliphatic heterocycles. The molecule has 0 aliphatic carbocycles. The Morgan fingerprint density at radius 2 is 1.90 bits per heavy atom. The quantitative estimate of drug-likeness (QED) is 0.548. The highest BCUT2D eigenvalue weighted by atomic mass is 19.4. The molecule has 8 heteroatoms. The third-order valence-electron chi connectivity index (χ3n) is 5.35. The summed E-state index contributed by atoms with van der Waals surface area (Å²) in [6.45, 7) is 7.16. The van der Waals surface area contributed by atoms with Crippen molar-refractivity contribution in [2.45, 2.75) is 52.3 Å². The number of esters is 1. The number of alkyl halides is 3. The van der Waals surface area contributed by atoms with Crippen LogP contribution in [0, 0.1) is 5.92 Å². The van der Waals surface area contributed by atoms with Gasteiger partial charge in [-0.15, -0.1) is 0 Å². The van der Waals surface area contributed by atoms with Crippen LogP contribution in [-0.2, 0) is 15.7 Å². The van der Waals surface area contributed by atoms with Gasteiger partial charge < -0.3 is 9.47 Å². The van der Waals surface area contributed by atoms with Crippen molar-refractivity contribution in [2.24, 2.45) is 10.9 Å². The zero-order chi connectivity index (χ0) is 22.8. The van der Waals surface area contributed by atoms with E-state index in [1.165, 1.54) is 24.4 Å². The molecule has 31 heavy (non-hydrogen) atoms.